The number of carbonyl (C=O) groups is 1. The summed E-state index contributed by atoms with van der Waals surface area (Å²) in [5, 5.41) is 12.8. The molecule has 0 fully saturated rings. The van der Waals surface area contributed by atoms with Crippen LogP contribution in [0.3, 0.4) is 0 Å². The van der Waals surface area contributed by atoms with Gasteiger partial charge in [-0.05, 0) is 23.7 Å². The third-order valence-corrected chi connectivity index (χ3v) is 2.67. The van der Waals surface area contributed by atoms with Gasteiger partial charge in [-0.25, -0.2) is 9.78 Å². The zero-order chi connectivity index (χ0) is 16.3. The minimum atomic E-state index is -4.69. The normalized spacial score (nSPS) is 11.1. The first-order valence-corrected chi connectivity index (χ1v) is 6.11. The molecule has 0 atom stereocenters. The van der Waals surface area contributed by atoms with E-state index >= 15 is 0 Å². The molecule has 1 aromatic carbocycles. The summed E-state index contributed by atoms with van der Waals surface area (Å²) in [6.07, 6.45) is -5.50. The third-order valence-electron chi connectivity index (χ3n) is 2.49. The van der Waals surface area contributed by atoms with Gasteiger partial charge in [0.15, 0.2) is 0 Å². The smallest absolute Gasteiger partial charge is 0.421 e. The molecule has 0 aliphatic rings. The van der Waals surface area contributed by atoms with Crippen molar-refractivity contribution in [2.45, 2.75) is 6.18 Å². The van der Waals surface area contributed by atoms with Gasteiger partial charge in [-0.15, -0.1) is 0 Å². The summed E-state index contributed by atoms with van der Waals surface area (Å²) < 4.78 is 38.8. The largest absolute Gasteiger partial charge is 0.465 e. The number of alkyl halides is 3. The van der Waals surface area contributed by atoms with Gasteiger partial charge in [-0.2, -0.15) is 18.2 Å². The molecule has 6 nitrogen and oxygen atoms in total. The van der Waals surface area contributed by atoms with E-state index in [1.54, 1.807) is 0 Å². The Bertz CT molecular complexity index is 709. The summed E-state index contributed by atoms with van der Waals surface area (Å²) >= 11 is 5.52. The fraction of sp³-hybridized carbons (Fsp3) is 0.0833. The molecule has 0 aliphatic heterocycles. The van der Waals surface area contributed by atoms with Gasteiger partial charge in [0.05, 0.1) is 11.4 Å². The van der Waals surface area contributed by atoms with Crippen molar-refractivity contribution in [3.05, 3.63) is 41.3 Å². The first-order chi connectivity index (χ1) is 10.3. The van der Waals surface area contributed by atoms with E-state index in [4.69, 9.17) is 16.7 Å². The Hall–Kier alpha value is -2.55. The average molecular weight is 333 g/mol. The number of halogens is 4. The van der Waals surface area contributed by atoms with E-state index in [0.717, 1.165) is 0 Å². The van der Waals surface area contributed by atoms with Gasteiger partial charge in [0.1, 0.15) is 11.4 Å². The Morgan fingerprint density at radius 1 is 1.23 bits per heavy atom. The first-order valence-electron chi connectivity index (χ1n) is 5.73. The fourth-order valence-electron chi connectivity index (χ4n) is 1.61. The van der Waals surface area contributed by atoms with Crippen molar-refractivity contribution < 1.29 is 23.1 Å². The number of anilines is 3. The van der Waals surface area contributed by atoms with Gasteiger partial charge in [-0.3, -0.25) is 5.32 Å². The summed E-state index contributed by atoms with van der Waals surface area (Å²) in [5.74, 6) is -0.577. The van der Waals surface area contributed by atoms with Crippen LogP contribution >= 0.6 is 11.6 Å². The SMILES string of the molecule is O=C(O)Nc1ccccc1Nc1nc(Cl)ncc1C(F)(F)F. The van der Waals surface area contributed by atoms with Gasteiger partial charge in [0.2, 0.25) is 5.28 Å². The quantitative estimate of drug-likeness (QED) is 0.740. The van der Waals surface area contributed by atoms with E-state index in [0.29, 0.717) is 6.20 Å². The van der Waals surface area contributed by atoms with Crippen molar-refractivity contribution in [2.75, 3.05) is 10.6 Å². The lowest BCUT2D eigenvalue weighted by molar-refractivity contribution is -0.137. The van der Waals surface area contributed by atoms with E-state index in [-0.39, 0.29) is 16.7 Å². The lowest BCUT2D eigenvalue weighted by atomic mass is 10.2. The molecule has 1 amide bonds. The molecule has 3 N–H and O–H groups in total. The van der Waals surface area contributed by atoms with Crippen molar-refractivity contribution in [3.8, 4) is 0 Å². The maximum absolute atomic E-state index is 12.9. The minimum absolute atomic E-state index is 0.0675. The van der Waals surface area contributed by atoms with Crippen molar-refractivity contribution >= 4 is 34.9 Å². The third kappa shape index (κ3) is 3.76. The molecule has 22 heavy (non-hydrogen) atoms. The topological polar surface area (TPSA) is 87.1 Å². The van der Waals surface area contributed by atoms with Crippen LogP contribution in [-0.4, -0.2) is 21.2 Å². The van der Waals surface area contributed by atoms with Crippen molar-refractivity contribution in [1.29, 1.82) is 0 Å². The summed E-state index contributed by atoms with van der Waals surface area (Å²) in [7, 11) is 0. The number of hydrogen-bond donors (Lipinski definition) is 3. The van der Waals surface area contributed by atoms with Gasteiger partial charge in [0, 0.05) is 6.20 Å². The Labute approximate surface area is 127 Å². The van der Waals surface area contributed by atoms with Crippen molar-refractivity contribution in [1.82, 2.24) is 9.97 Å². The van der Waals surface area contributed by atoms with Crippen LogP contribution in [0.1, 0.15) is 5.56 Å². The number of carboxylic acid groups (broad SMARTS) is 1. The van der Waals surface area contributed by atoms with Crippen LogP contribution in [-0.2, 0) is 6.18 Å². The van der Waals surface area contributed by atoms with Gasteiger partial charge < -0.3 is 10.4 Å². The number of amides is 1. The second-order valence-corrected chi connectivity index (χ2v) is 4.34. The lowest BCUT2D eigenvalue weighted by Crippen LogP contribution is -2.13. The van der Waals surface area contributed by atoms with Gasteiger partial charge in [0.25, 0.3) is 0 Å². The van der Waals surface area contributed by atoms with E-state index < -0.39 is 23.7 Å². The number of rotatable bonds is 3. The second kappa shape index (κ2) is 6.06. The monoisotopic (exact) mass is 332 g/mol. The first kappa shape index (κ1) is 15.8. The van der Waals surface area contributed by atoms with Crippen LogP contribution in [0.25, 0.3) is 0 Å². The molecular formula is C12H8ClF3N4O2. The van der Waals surface area contributed by atoms with E-state index in [1.807, 2.05) is 0 Å². The molecule has 10 heteroatoms. The molecule has 1 heterocycles. The Balaban J connectivity index is 2.43. The van der Waals surface area contributed by atoms with Crippen LogP contribution < -0.4 is 10.6 Å². The maximum atomic E-state index is 12.9. The average Bonchev–Trinajstić information content (AvgIpc) is 2.39. The molecule has 0 bridgehead atoms. The molecule has 2 aromatic rings. The van der Waals surface area contributed by atoms with E-state index in [9.17, 15) is 18.0 Å². The summed E-state index contributed by atoms with van der Waals surface area (Å²) in [5.41, 5.74) is -0.968. The predicted molar refractivity (Wildman–Crippen MR) is 73.4 cm³/mol. The van der Waals surface area contributed by atoms with Crippen LogP contribution in [0, 0.1) is 0 Å². The minimum Gasteiger partial charge on any atom is -0.465 e. The number of nitrogens with one attached hydrogen (secondary N) is 2. The predicted octanol–water partition coefficient (Wildman–Crippen LogP) is 3.98. The van der Waals surface area contributed by atoms with Gasteiger partial charge >= 0.3 is 12.3 Å². The molecule has 0 radical (unpaired) electrons. The summed E-state index contributed by atoms with van der Waals surface area (Å²) in [6, 6.07) is 5.81. The maximum Gasteiger partial charge on any atom is 0.421 e. The zero-order valence-electron chi connectivity index (χ0n) is 10.6. The fourth-order valence-corrected chi connectivity index (χ4v) is 1.74. The number of benzene rings is 1. The number of aromatic nitrogens is 2. The molecule has 0 saturated carbocycles. The van der Waals surface area contributed by atoms with Crippen LogP contribution in [0.4, 0.5) is 35.2 Å². The molecule has 1 aromatic heterocycles. The molecule has 116 valence electrons. The lowest BCUT2D eigenvalue weighted by Gasteiger charge is -2.15. The molecule has 0 spiro atoms. The highest BCUT2D eigenvalue weighted by atomic mass is 35.5. The number of nitrogens with zero attached hydrogens (tertiary/aromatic N) is 2. The Morgan fingerprint density at radius 3 is 2.45 bits per heavy atom. The highest BCUT2D eigenvalue weighted by Gasteiger charge is 2.35. The van der Waals surface area contributed by atoms with Crippen LogP contribution in [0.2, 0.25) is 5.28 Å². The highest BCUT2D eigenvalue weighted by molar-refractivity contribution is 6.28. The van der Waals surface area contributed by atoms with Gasteiger partial charge in [-0.1, -0.05) is 12.1 Å². The molecular weight excluding hydrogens is 325 g/mol. The summed E-state index contributed by atoms with van der Waals surface area (Å²) in [6.45, 7) is 0. The Morgan fingerprint density at radius 2 is 1.86 bits per heavy atom. The number of hydrogen-bond acceptors (Lipinski definition) is 4. The highest BCUT2D eigenvalue weighted by Crippen LogP contribution is 2.36. The number of para-hydroxylation sites is 2. The standard InChI is InChI=1S/C12H8ClF3N4O2/c13-10-17-5-6(12(14,15)16)9(20-10)18-7-3-1-2-4-8(7)19-11(21)22/h1-5,19H,(H,21,22)(H,17,18,20). The van der Waals surface area contributed by atoms with E-state index in [2.05, 4.69) is 20.6 Å². The molecule has 2 rings (SSSR count). The van der Waals surface area contributed by atoms with Crippen molar-refractivity contribution in [3.63, 3.8) is 0 Å². The van der Waals surface area contributed by atoms with Crippen LogP contribution in [0.15, 0.2) is 30.5 Å². The molecule has 0 unspecified atom stereocenters. The summed E-state index contributed by atoms with van der Waals surface area (Å²) in [4.78, 5) is 17.5. The second-order valence-electron chi connectivity index (χ2n) is 4.00. The molecule has 0 aliphatic carbocycles. The zero-order valence-corrected chi connectivity index (χ0v) is 11.4. The van der Waals surface area contributed by atoms with Crippen LogP contribution in [0.5, 0.6) is 0 Å². The Kier molecular flexibility index (Phi) is 4.36. The van der Waals surface area contributed by atoms with Crippen molar-refractivity contribution in [2.24, 2.45) is 0 Å². The molecule has 0 saturated heterocycles. The van der Waals surface area contributed by atoms with E-state index in [1.165, 1.54) is 24.3 Å².